The summed E-state index contributed by atoms with van der Waals surface area (Å²) < 4.78 is 26.3. The maximum Gasteiger partial charge on any atom is 0.264 e. The van der Waals surface area contributed by atoms with Crippen LogP contribution < -0.4 is 10.0 Å². The molecule has 5 nitrogen and oxygen atoms in total. The van der Waals surface area contributed by atoms with E-state index in [1.165, 1.54) is 18.2 Å². The average molecular weight is 325 g/mol. The third-order valence-electron chi connectivity index (χ3n) is 2.75. The molecule has 0 bridgehead atoms. The summed E-state index contributed by atoms with van der Waals surface area (Å²) in [7, 11) is -3.92. The number of rotatable bonds is 5. The van der Waals surface area contributed by atoms with Gasteiger partial charge in [-0.15, -0.1) is 0 Å². The van der Waals surface area contributed by atoms with Gasteiger partial charge in [0.15, 0.2) is 0 Å². The highest BCUT2D eigenvalue weighted by atomic mass is 35.5. The Balaban J connectivity index is 2.56. The van der Waals surface area contributed by atoms with E-state index >= 15 is 0 Å². The van der Waals surface area contributed by atoms with E-state index in [9.17, 15) is 13.2 Å². The third kappa shape index (κ3) is 3.34. The van der Waals surface area contributed by atoms with Crippen molar-refractivity contribution in [2.24, 2.45) is 5.73 Å². The van der Waals surface area contributed by atoms with Crippen molar-refractivity contribution < 1.29 is 13.2 Å². The summed E-state index contributed by atoms with van der Waals surface area (Å²) in [6.07, 6.45) is 0. The highest BCUT2D eigenvalue weighted by Crippen LogP contribution is 2.29. The number of nitrogens with two attached hydrogens (primary N) is 1. The largest absolute Gasteiger partial charge is 0.368 e. The molecule has 21 heavy (non-hydrogen) atoms. The fraction of sp³-hybridized carbons (Fsp3) is 0.0714. The van der Waals surface area contributed by atoms with Crippen LogP contribution in [0.1, 0.15) is 0 Å². The molecule has 2 rings (SSSR count). The van der Waals surface area contributed by atoms with Crippen molar-refractivity contribution in [3.05, 3.63) is 59.6 Å². The number of hydrogen-bond acceptors (Lipinski definition) is 3. The normalized spacial score (nSPS) is 11.1. The second-order valence-electron chi connectivity index (χ2n) is 4.24. The first-order valence-corrected chi connectivity index (χ1v) is 7.85. The first-order valence-electron chi connectivity index (χ1n) is 6.03. The predicted molar refractivity (Wildman–Crippen MR) is 81.6 cm³/mol. The molecule has 2 aromatic rings. The molecule has 0 atom stereocenters. The Morgan fingerprint density at radius 3 is 2.19 bits per heavy atom. The topological polar surface area (TPSA) is 80.5 Å². The van der Waals surface area contributed by atoms with E-state index in [2.05, 4.69) is 0 Å². The number of para-hydroxylation sites is 1. The molecule has 0 heterocycles. The summed E-state index contributed by atoms with van der Waals surface area (Å²) in [6, 6.07) is 14.2. The second kappa shape index (κ2) is 6.15. The summed E-state index contributed by atoms with van der Waals surface area (Å²) >= 11 is 6.04. The molecular formula is C14H13ClN2O3S. The van der Waals surface area contributed by atoms with Crippen LogP contribution in [0.4, 0.5) is 5.69 Å². The Kier molecular flexibility index (Phi) is 4.50. The third-order valence-corrected chi connectivity index (χ3v) is 4.85. The van der Waals surface area contributed by atoms with Gasteiger partial charge in [-0.2, -0.15) is 0 Å². The van der Waals surface area contributed by atoms with Crippen LogP contribution in [0, 0.1) is 0 Å². The summed E-state index contributed by atoms with van der Waals surface area (Å²) in [4.78, 5) is 11.3. The maximum atomic E-state index is 12.7. The molecular weight excluding hydrogens is 312 g/mol. The van der Waals surface area contributed by atoms with Gasteiger partial charge in [-0.1, -0.05) is 41.9 Å². The van der Waals surface area contributed by atoms with Gasteiger partial charge in [0, 0.05) is 0 Å². The average Bonchev–Trinajstić information content (AvgIpc) is 2.46. The zero-order valence-corrected chi connectivity index (χ0v) is 12.5. The fourth-order valence-corrected chi connectivity index (χ4v) is 3.57. The van der Waals surface area contributed by atoms with E-state index in [1.54, 1.807) is 36.4 Å². The van der Waals surface area contributed by atoms with Crippen LogP contribution in [0.3, 0.4) is 0 Å². The van der Waals surface area contributed by atoms with Crippen molar-refractivity contribution in [3.8, 4) is 0 Å². The first-order chi connectivity index (χ1) is 9.93. The van der Waals surface area contributed by atoms with E-state index in [0.717, 1.165) is 4.31 Å². The number of hydrogen-bond donors (Lipinski definition) is 1. The highest BCUT2D eigenvalue weighted by Gasteiger charge is 2.27. The van der Waals surface area contributed by atoms with E-state index in [0.29, 0.717) is 0 Å². The maximum absolute atomic E-state index is 12.7. The molecule has 0 aliphatic carbocycles. The van der Waals surface area contributed by atoms with Crippen LogP contribution in [0.2, 0.25) is 5.02 Å². The molecule has 110 valence electrons. The van der Waals surface area contributed by atoms with Crippen molar-refractivity contribution in [2.75, 3.05) is 10.8 Å². The molecule has 0 saturated carbocycles. The number of primary amides is 1. The lowest BCUT2D eigenvalue weighted by molar-refractivity contribution is -0.116. The Labute approximate surface area is 128 Å². The minimum absolute atomic E-state index is 0.0613. The number of carbonyl (C=O) groups is 1. The molecule has 1 amide bonds. The molecule has 0 aliphatic heterocycles. The van der Waals surface area contributed by atoms with Crippen LogP contribution >= 0.6 is 11.6 Å². The first kappa shape index (κ1) is 15.3. The van der Waals surface area contributed by atoms with E-state index in [1.807, 2.05) is 0 Å². The van der Waals surface area contributed by atoms with Crippen LogP contribution in [0.5, 0.6) is 0 Å². The number of sulfonamides is 1. The van der Waals surface area contributed by atoms with Crippen molar-refractivity contribution in [3.63, 3.8) is 0 Å². The minimum atomic E-state index is -3.92. The van der Waals surface area contributed by atoms with Gasteiger partial charge in [0.2, 0.25) is 5.91 Å². The molecule has 7 heteroatoms. The monoisotopic (exact) mass is 324 g/mol. The summed E-state index contributed by atoms with van der Waals surface area (Å²) in [5.74, 6) is -0.769. The number of benzene rings is 2. The highest BCUT2D eigenvalue weighted by molar-refractivity contribution is 7.92. The molecule has 0 spiro atoms. The summed E-state index contributed by atoms with van der Waals surface area (Å²) in [6.45, 7) is -0.485. The van der Waals surface area contributed by atoms with Gasteiger partial charge in [-0.3, -0.25) is 9.10 Å². The van der Waals surface area contributed by atoms with Gasteiger partial charge < -0.3 is 5.73 Å². The Hall–Kier alpha value is -2.05. The van der Waals surface area contributed by atoms with Crippen molar-refractivity contribution in [2.45, 2.75) is 4.90 Å². The summed E-state index contributed by atoms with van der Waals surface area (Å²) in [5, 5.41) is 0.221. The second-order valence-corrected chi connectivity index (χ2v) is 6.51. The Bertz CT molecular complexity index is 748. The van der Waals surface area contributed by atoms with Gasteiger partial charge in [0.05, 0.1) is 15.6 Å². The molecule has 2 N–H and O–H groups in total. The number of amides is 1. The number of nitrogens with zero attached hydrogens (tertiary/aromatic N) is 1. The Morgan fingerprint density at radius 2 is 1.62 bits per heavy atom. The van der Waals surface area contributed by atoms with Crippen LogP contribution in [-0.2, 0) is 14.8 Å². The van der Waals surface area contributed by atoms with Gasteiger partial charge in [-0.25, -0.2) is 8.42 Å². The lowest BCUT2D eigenvalue weighted by Gasteiger charge is -2.24. The molecule has 0 fully saturated rings. The van der Waals surface area contributed by atoms with E-state index in [4.69, 9.17) is 17.3 Å². The van der Waals surface area contributed by atoms with Crippen LogP contribution in [0.25, 0.3) is 0 Å². The van der Waals surface area contributed by atoms with E-state index in [-0.39, 0.29) is 15.6 Å². The van der Waals surface area contributed by atoms with Crippen molar-refractivity contribution >= 4 is 33.2 Å². The van der Waals surface area contributed by atoms with Gasteiger partial charge in [0.1, 0.15) is 6.54 Å². The summed E-state index contributed by atoms with van der Waals surface area (Å²) in [5.41, 5.74) is 5.38. The van der Waals surface area contributed by atoms with Crippen molar-refractivity contribution in [1.82, 2.24) is 0 Å². The minimum Gasteiger partial charge on any atom is -0.368 e. The fourth-order valence-electron chi connectivity index (χ4n) is 1.81. The Morgan fingerprint density at radius 1 is 1.05 bits per heavy atom. The standard InChI is InChI=1S/C14H13ClN2O3S/c15-12-8-4-5-9-13(12)17(10-14(16)18)21(19,20)11-6-2-1-3-7-11/h1-9H,10H2,(H2,16,18). The van der Waals surface area contributed by atoms with E-state index < -0.39 is 22.5 Å². The molecule has 0 radical (unpaired) electrons. The van der Waals surface area contributed by atoms with Gasteiger partial charge in [0.25, 0.3) is 10.0 Å². The lowest BCUT2D eigenvalue weighted by Crippen LogP contribution is -2.38. The number of anilines is 1. The van der Waals surface area contributed by atoms with Crippen LogP contribution in [-0.4, -0.2) is 20.9 Å². The molecule has 0 aliphatic rings. The number of halogens is 1. The van der Waals surface area contributed by atoms with Gasteiger partial charge in [-0.05, 0) is 24.3 Å². The number of carbonyl (C=O) groups excluding carboxylic acids is 1. The van der Waals surface area contributed by atoms with Crippen molar-refractivity contribution in [1.29, 1.82) is 0 Å². The lowest BCUT2D eigenvalue weighted by atomic mass is 10.3. The zero-order valence-electron chi connectivity index (χ0n) is 10.9. The SMILES string of the molecule is NC(=O)CN(c1ccccc1Cl)S(=O)(=O)c1ccccc1. The van der Waals surface area contributed by atoms with Gasteiger partial charge >= 0.3 is 0 Å². The smallest absolute Gasteiger partial charge is 0.264 e. The van der Waals surface area contributed by atoms with Crippen LogP contribution in [0.15, 0.2) is 59.5 Å². The zero-order chi connectivity index (χ0) is 15.5. The predicted octanol–water partition coefficient (Wildman–Crippen LogP) is 2.02. The molecule has 0 unspecified atom stereocenters. The molecule has 0 saturated heterocycles. The quantitative estimate of drug-likeness (QED) is 0.913. The molecule has 0 aromatic heterocycles. The molecule has 2 aromatic carbocycles.